The zero-order valence-corrected chi connectivity index (χ0v) is 20.6. The van der Waals surface area contributed by atoms with E-state index in [1.54, 1.807) is 4.57 Å². The van der Waals surface area contributed by atoms with Crippen LogP contribution in [0.2, 0.25) is 0 Å². The number of aromatic nitrogens is 4. The number of carbonyl (C=O) groups excluding carboxylic acids is 1. The van der Waals surface area contributed by atoms with Crippen LogP contribution < -0.4 is 10.5 Å². The number of nitrogens with one attached hydrogen (secondary N) is 1. The van der Waals surface area contributed by atoms with Gasteiger partial charge < -0.3 is 10.3 Å². The molecule has 2 heterocycles. The molecule has 0 unspecified atom stereocenters. The number of nitrogens with zero attached hydrogens (tertiary/aromatic N) is 4. The summed E-state index contributed by atoms with van der Waals surface area (Å²) in [6.07, 6.45) is 2.59. The standard InChI is InChI=1S/C21H22FIN6O3S/c22-21-27-19(24)18-20(28-21)29(7-1-6-25-33(31,32)13-3-4-13)17(26-18)10-12-8-14-11(9-15(12)23)2-5-16(14)30/h8-9,13,25H,1-7,10H2,(H2,24,27,28). The van der Waals surface area contributed by atoms with E-state index in [0.29, 0.717) is 50.0 Å². The molecule has 3 aromatic rings. The highest BCUT2D eigenvalue weighted by Gasteiger charge is 2.35. The molecule has 12 heteroatoms. The van der Waals surface area contributed by atoms with Crippen molar-refractivity contribution >= 4 is 55.4 Å². The fourth-order valence-electron chi connectivity index (χ4n) is 4.17. The van der Waals surface area contributed by atoms with Crippen molar-refractivity contribution in [3.63, 3.8) is 0 Å². The van der Waals surface area contributed by atoms with Gasteiger partial charge in [0.2, 0.25) is 10.0 Å². The van der Waals surface area contributed by atoms with Gasteiger partial charge in [-0.15, -0.1) is 0 Å². The minimum atomic E-state index is -3.27. The fraction of sp³-hybridized carbons (Fsp3) is 0.429. The number of hydrogen-bond donors (Lipinski definition) is 2. The predicted octanol–water partition coefficient (Wildman–Crippen LogP) is 2.34. The van der Waals surface area contributed by atoms with E-state index in [2.05, 4.69) is 42.3 Å². The Morgan fingerprint density at radius 2 is 2.00 bits per heavy atom. The lowest BCUT2D eigenvalue weighted by Crippen LogP contribution is -2.28. The van der Waals surface area contributed by atoms with Crippen molar-refractivity contribution in [3.8, 4) is 0 Å². The fourth-order valence-corrected chi connectivity index (χ4v) is 6.31. The van der Waals surface area contributed by atoms with Crippen LogP contribution in [0, 0.1) is 9.65 Å². The van der Waals surface area contributed by atoms with Crippen LogP contribution >= 0.6 is 22.6 Å². The van der Waals surface area contributed by atoms with Gasteiger partial charge in [0.25, 0.3) is 0 Å². The van der Waals surface area contributed by atoms with Crippen LogP contribution in [0.1, 0.15) is 53.0 Å². The molecule has 3 N–H and O–H groups in total. The predicted molar refractivity (Wildman–Crippen MR) is 129 cm³/mol. The summed E-state index contributed by atoms with van der Waals surface area (Å²) in [7, 11) is -3.27. The Kier molecular flexibility index (Phi) is 5.85. The Balaban J connectivity index is 1.45. The molecule has 0 amide bonds. The first-order valence-corrected chi connectivity index (χ1v) is 13.4. The molecule has 0 spiro atoms. The van der Waals surface area contributed by atoms with Gasteiger partial charge in [-0.05, 0) is 71.5 Å². The van der Waals surface area contributed by atoms with Crippen molar-refractivity contribution in [2.24, 2.45) is 0 Å². The Morgan fingerprint density at radius 1 is 1.21 bits per heavy atom. The number of Topliss-reactive ketones (excluding diaryl/α,β-unsaturated/α-hetero) is 1. The zero-order valence-electron chi connectivity index (χ0n) is 17.6. The summed E-state index contributed by atoms with van der Waals surface area (Å²) < 4.78 is 43.5. The summed E-state index contributed by atoms with van der Waals surface area (Å²) in [5, 5.41) is -0.284. The molecule has 0 radical (unpaired) electrons. The number of rotatable bonds is 8. The Labute approximate surface area is 203 Å². The smallest absolute Gasteiger partial charge is 0.312 e. The largest absolute Gasteiger partial charge is 0.382 e. The summed E-state index contributed by atoms with van der Waals surface area (Å²) in [6, 6.07) is 3.94. The van der Waals surface area contributed by atoms with Crippen LogP contribution in [0.3, 0.4) is 0 Å². The number of anilines is 1. The average Bonchev–Trinajstić information content (AvgIpc) is 3.49. The van der Waals surface area contributed by atoms with Gasteiger partial charge in [0.1, 0.15) is 5.82 Å². The highest BCUT2D eigenvalue weighted by atomic mass is 127. The van der Waals surface area contributed by atoms with Crippen LogP contribution in [0.4, 0.5) is 10.2 Å². The number of nitrogens with two attached hydrogens (primary N) is 1. The first-order chi connectivity index (χ1) is 15.7. The first-order valence-electron chi connectivity index (χ1n) is 10.7. The summed E-state index contributed by atoms with van der Waals surface area (Å²) >= 11 is 2.25. The number of halogens is 2. The number of nitrogen functional groups attached to an aromatic ring is 1. The van der Waals surface area contributed by atoms with Gasteiger partial charge in [-0.25, -0.2) is 18.1 Å². The second-order valence-corrected chi connectivity index (χ2v) is 11.6. The maximum absolute atomic E-state index is 13.9. The SMILES string of the molecule is Nc1nc(F)nc2c1nc(Cc1cc3c(cc1I)CCC3=O)n2CCCNS(=O)(=O)C1CC1. The third-order valence-corrected chi connectivity index (χ3v) is 9.00. The average molecular weight is 584 g/mol. The van der Waals surface area contributed by atoms with Crippen molar-refractivity contribution < 1.29 is 17.6 Å². The Morgan fingerprint density at radius 3 is 2.76 bits per heavy atom. The molecule has 0 aliphatic heterocycles. The molecule has 2 aromatic heterocycles. The highest BCUT2D eigenvalue weighted by Crippen LogP contribution is 2.29. The molecule has 1 fully saturated rings. The second kappa shape index (κ2) is 8.55. The molecule has 33 heavy (non-hydrogen) atoms. The van der Waals surface area contributed by atoms with E-state index in [0.717, 1.165) is 26.7 Å². The molecule has 0 bridgehead atoms. The summed E-state index contributed by atoms with van der Waals surface area (Å²) in [4.78, 5) is 24.3. The van der Waals surface area contributed by atoms with Crippen LogP contribution in [0.25, 0.3) is 11.2 Å². The van der Waals surface area contributed by atoms with Gasteiger partial charge in [0.15, 0.2) is 22.8 Å². The van der Waals surface area contributed by atoms with Crippen LogP contribution in [-0.4, -0.2) is 45.5 Å². The van der Waals surface area contributed by atoms with Crippen molar-refractivity contribution in [3.05, 3.63) is 44.3 Å². The minimum absolute atomic E-state index is 0.0502. The van der Waals surface area contributed by atoms with E-state index < -0.39 is 16.1 Å². The second-order valence-electron chi connectivity index (χ2n) is 8.42. The number of hydrogen-bond acceptors (Lipinski definition) is 7. The topological polar surface area (TPSA) is 133 Å². The third kappa shape index (κ3) is 4.47. The van der Waals surface area contributed by atoms with E-state index >= 15 is 0 Å². The number of benzene rings is 1. The number of sulfonamides is 1. The molecule has 0 saturated heterocycles. The summed E-state index contributed by atoms with van der Waals surface area (Å²) in [5.41, 5.74) is 9.21. The van der Waals surface area contributed by atoms with E-state index in [9.17, 15) is 17.6 Å². The molecule has 1 aromatic carbocycles. The zero-order chi connectivity index (χ0) is 23.3. The number of fused-ring (bicyclic) bond motifs is 2. The maximum atomic E-state index is 13.9. The molecule has 5 rings (SSSR count). The van der Waals surface area contributed by atoms with Crippen LogP contribution in [-0.2, 0) is 29.4 Å². The Bertz CT molecular complexity index is 1390. The van der Waals surface area contributed by atoms with Gasteiger partial charge in [0, 0.05) is 35.1 Å². The van der Waals surface area contributed by atoms with Crippen molar-refractivity contribution in [2.75, 3.05) is 12.3 Å². The monoisotopic (exact) mass is 584 g/mol. The van der Waals surface area contributed by atoms with Gasteiger partial charge >= 0.3 is 6.08 Å². The van der Waals surface area contributed by atoms with E-state index in [-0.39, 0.29) is 29.0 Å². The van der Waals surface area contributed by atoms with Crippen molar-refractivity contribution in [1.29, 1.82) is 0 Å². The molecular formula is C21H22FIN6O3S. The molecule has 2 aliphatic carbocycles. The first kappa shape index (κ1) is 22.6. The van der Waals surface area contributed by atoms with Gasteiger partial charge in [-0.1, -0.05) is 0 Å². The van der Waals surface area contributed by atoms with E-state index in [1.807, 2.05) is 12.1 Å². The van der Waals surface area contributed by atoms with Gasteiger partial charge in [-0.2, -0.15) is 14.4 Å². The van der Waals surface area contributed by atoms with E-state index in [4.69, 9.17) is 5.73 Å². The molecule has 174 valence electrons. The quantitative estimate of drug-likeness (QED) is 0.236. The normalized spacial score (nSPS) is 16.0. The lowest BCUT2D eigenvalue weighted by Gasteiger charge is -2.12. The van der Waals surface area contributed by atoms with Crippen molar-refractivity contribution in [1.82, 2.24) is 24.2 Å². The minimum Gasteiger partial charge on any atom is -0.382 e. The molecule has 1 saturated carbocycles. The van der Waals surface area contributed by atoms with Crippen molar-refractivity contribution in [2.45, 2.75) is 50.3 Å². The van der Waals surface area contributed by atoms with Gasteiger partial charge in [0.05, 0.1) is 5.25 Å². The molecule has 9 nitrogen and oxygen atoms in total. The highest BCUT2D eigenvalue weighted by molar-refractivity contribution is 14.1. The molecular weight excluding hydrogens is 562 g/mol. The number of carbonyl (C=O) groups is 1. The number of ketones is 1. The summed E-state index contributed by atoms with van der Waals surface area (Å²) in [6.45, 7) is 0.626. The Hall–Kier alpha value is -2.19. The number of aryl methyl sites for hydroxylation is 2. The van der Waals surface area contributed by atoms with E-state index in [1.165, 1.54) is 0 Å². The van der Waals surface area contributed by atoms with Crippen LogP contribution in [0.15, 0.2) is 12.1 Å². The molecule has 2 aliphatic rings. The summed E-state index contributed by atoms with van der Waals surface area (Å²) in [5.74, 6) is 0.687. The molecule has 0 atom stereocenters. The third-order valence-electron chi connectivity index (χ3n) is 6.04. The lowest BCUT2D eigenvalue weighted by molar-refractivity contribution is 0.0994. The van der Waals surface area contributed by atoms with Gasteiger partial charge in [-0.3, -0.25) is 4.79 Å². The number of imidazole rings is 1. The van der Waals surface area contributed by atoms with Crippen LogP contribution in [0.5, 0.6) is 0 Å². The lowest BCUT2D eigenvalue weighted by atomic mass is 10.0. The maximum Gasteiger partial charge on any atom is 0.312 e.